The molecule has 24 heteroatoms. The summed E-state index contributed by atoms with van der Waals surface area (Å²) in [6, 6.07) is 1.08. The van der Waals surface area contributed by atoms with Gasteiger partial charge in [-0.25, -0.2) is 16.8 Å². The molecule has 0 amide bonds. The summed E-state index contributed by atoms with van der Waals surface area (Å²) >= 11 is 0. The molecule has 2 aliphatic rings. The van der Waals surface area contributed by atoms with Crippen molar-refractivity contribution in [2.24, 2.45) is 0 Å². The number of rotatable bonds is 14. The summed E-state index contributed by atoms with van der Waals surface area (Å²) in [4.78, 5) is 28.0. The summed E-state index contributed by atoms with van der Waals surface area (Å²) < 4.78 is 168. The number of nitrogens with zero attached hydrogens (tertiary/aromatic N) is 8. The predicted molar refractivity (Wildman–Crippen MR) is 229 cm³/mol. The molecule has 2 aliphatic heterocycles. The first-order valence-electron chi connectivity index (χ1n) is 23.3. The molecule has 64 heavy (non-hydrogen) atoms. The number of anilines is 10. The van der Waals surface area contributed by atoms with Crippen LogP contribution in [0.3, 0.4) is 0 Å². The zero-order valence-electron chi connectivity index (χ0n) is 43.9. The molecule has 2 saturated heterocycles. The molecule has 4 N–H and O–H groups in total. The number of nitrogens with one attached hydrogen (secondary N) is 4. The van der Waals surface area contributed by atoms with Crippen LogP contribution in [0.2, 0.25) is 0 Å². The second kappa shape index (κ2) is 21.9. The van der Waals surface area contributed by atoms with Crippen molar-refractivity contribution in [3.05, 3.63) is 108 Å². The molecule has 6 aromatic rings. The molecule has 0 atom stereocenters. The van der Waals surface area contributed by atoms with Crippen molar-refractivity contribution >= 4 is 90.8 Å². The minimum atomic E-state index is -5.27. The molecule has 0 saturated carbocycles. The Morgan fingerprint density at radius 3 is 1.17 bits per heavy atom. The SMILES string of the molecule is [2H]c1c([2H])c([2H])c(Nc2nc(Nc3ccc(/C=C/c4ccc(Nc5nc(Nc6c([2H])c([2H])c([2H])c([2H])c6[2H])nc(N6CCOCC6)n5)cc4S(=O)(=O)[O-])c(S(=O)(=O)[O-])c3)nc(N3CCOCC3)n2)c([2H])c1[2H].[Na+].[Na+]. The number of benzene rings is 4. The first-order chi connectivity index (χ1) is 34.1. The summed E-state index contributed by atoms with van der Waals surface area (Å²) in [6.07, 6.45) is 2.20. The van der Waals surface area contributed by atoms with Crippen LogP contribution < -0.4 is 90.2 Å². The van der Waals surface area contributed by atoms with Gasteiger partial charge in [-0.1, -0.05) is 60.5 Å². The van der Waals surface area contributed by atoms with Crippen LogP contribution in [0.1, 0.15) is 24.8 Å². The third kappa shape index (κ3) is 12.9. The zero-order chi connectivity index (χ0) is 51.8. The summed E-state index contributed by atoms with van der Waals surface area (Å²) in [5.74, 6) is -0.787. The van der Waals surface area contributed by atoms with Gasteiger partial charge in [-0.2, -0.15) is 29.9 Å². The van der Waals surface area contributed by atoms with Crippen LogP contribution in [-0.4, -0.2) is 108 Å². The summed E-state index contributed by atoms with van der Waals surface area (Å²) in [6.45, 7) is 2.65. The Balaban J connectivity index is 0.00000446. The van der Waals surface area contributed by atoms with E-state index in [1.807, 2.05) is 0 Å². The van der Waals surface area contributed by atoms with Gasteiger partial charge in [0.05, 0.1) is 49.9 Å². The second-order valence-electron chi connectivity index (χ2n) is 13.0. The fraction of sp³-hybridized carbons (Fsp3) is 0.200. The number of morpholine rings is 2. The first kappa shape index (κ1) is 36.4. The number of aromatic nitrogens is 6. The molecule has 0 bridgehead atoms. The number of hydrogen-bond acceptors (Lipinski definition) is 20. The van der Waals surface area contributed by atoms with Gasteiger partial charge in [0.15, 0.2) is 0 Å². The topological polar surface area (TPSA) is 265 Å². The molecule has 2 fully saturated rings. The van der Waals surface area contributed by atoms with E-state index in [9.17, 15) is 25.9 Å². The van der Waals surface area contributed by atoms with Crippen molar-refractivity contribution in [2.45, 2.75) is 9.79 Å². The minimum absolute atomic E-state index is 0. The number of ether oxygens (including phenoxy) is 2. The van der Waals surface area contributed by atoms with Crippen molar-refractivity contribution in [3.8, 4) is 0 Å². The molecule has 4 aromatic carbocycles. The largest absolute Gasteiger partial charge is 1.00 e. The van der Waals surface area contributed by atoms with Gasteiger partial charge < -0.3 is 49.6 Å². The number of hydrogen-bond donors (Lipinski definition) is 4. The first-order valence-corrected chi connectivity index (χ1v) is 21.2. The Labute approximate surface area is 427 Å². The van der Waals surface area contributed by atoms with E-state index in [2.05, 4.69) is 51.2 Å². The van der Waals surface area contributed by atoms with E-state index < -0.39 is 90.5 Å². The molecule has 0 unspecified atom stereocenters. The van der Waals surface area contributed by atoms with Crippen LogP contribution in [-0.2, 0) is 29.7 Å². The Morgan fingerprint density at radius 1 is 0.516 bits per heavy atom. The van der Waals surface area contributed by atoms with Crippen LogP contribution in [0.15, 0.2) is 107 Å². The molecule has 4 heterocycles. The van der Waals surface area contributed by atoms with Crippen molar-refractivity contribution in [1.82, 2.24) is 29.9 Å². The van der Waals surface area contributed by atoms with E-state index in [1.165, 1.54) is 24.3 Å². The third-order valence-electron chi connectivity index (χ3n) is 8.83. The van der Waals surface area contributed by atoms with Gasteiger partial charge in [-0.3, -0.25) is 0 Å². The molecule has 0 aliphatic carbocycles. The smallest absolute Gasteiger partial charge is 0.744 e. The van der Waals surface area contributed by atoms with Gasteiger partial charge in [-0.15, -0.1) is 0 Å². The minimum Gasteiger partial charge on any atom is -0.744 e. The van der Waals surface area contributed by atoms with Crippen LogP contribution in [0.25, 0.3) is 12.2 Å². The molecule has 320 valence electrons. The van der Waals surface area contributed by atoms with E-state index in [0.717, 1.165) is 24.3 Å². The van der Waals surface area contributed by atoms with Crippen molar-refractivity contribution < 1.29 is 108 Å². The Bertz CT molecular complexity index is 3130. The average Bonchev–Trinajstić information content (AvgIpc) is 3.36. The third-order valence-corrected chi connectivity index (χ3v) is 10.6. The predicted octanol–water partition coefficient (Wildman–Crippen LogP) is -1.31. The maximum absolute atomic E-state index is 12.7. The van der Waals surface area contributed by atoms with Crippen molar-refractivity contribution in [2.75, 3.05) is 83.7 Å². The fourth-order valence-corrected chi connectivity index (χ4v) is 7.37. The van der Waals surface area contributed by atoms with Crippen molar-refractivity contribution in [1.29, 1.82) is 0 Å². The maximum atomic E-state index is 12.7. The summed E-state index contributed by atoms with van der Waals surface area (Å²) in [5.41, 5.74) is -1.17. The summed E-state index contributed by atoms with van der Waals surface area (Å²) in [7, 11) is -10.5. The van der Waals surface area contributed by atoms with Gasteiger partial charge in [-0.05, 0) is 59.6 Å². The quantitative estimate of drug-likeness (QED) is 0.0561. The van der Waals surface area contributed by atoms with Gasteiger partial charge >= 0.3 is 59.1 Å². The standard InChI is InChI=1S/C40H40N12O8S2.2Na/c53-61(54,55)33-25-31(43-37-45-35(41-29-7-3-1-4-8-29)47-39(49-37)51-17-21-59-22-18-51)15-13-27(33)11-12-28-14-16-32(26-34(28)62(56,57)58)44-38-46-36(42-30-9-5-2-6-10-30)48-40(50-38)52-19-23-60-24-20-52;;/h1-16,25-26H,17-24H2,(H,53,54,55)(H,56,57,58)(H2,41,43,45,47,49)(H2,42,44,46,48,50);;/q;2*+1/p-2/b12-11+;;/i1D,2D,3D,4D,5D,6D,7D,8D,9D,10D;;. The van der Waals surface area contributed by atoms with Gasteiger partial charge in [0.1, 0.15) is 20.2 Å². The monoisotopic (exact) mass is 934 g/mol. The van der Waals surface area contributed by atoms with Crippen molar-refractivity contribution in [3.63, 3.8) is 0 Å². The van der Waals surface area contributed by atoms with E-state index >= 15 is 0 Å². The van der Waals surface area contributed by atoms with Crippen LogP contribution in [0, 0.1) is 0 Å². The van der Waals surface area contributed by atoms with Crippen LogP contribution in [0.4, 0.5) is 58.4 Å². The molecule has 2 aromatic heterocycles. The zero-order valence-corrected chi connectivity index (χ0v) is 39.6. The molecule has 8 rings (SSSR count). The summed E-state index contributed by atoms with van der Waals surface area (Å²) in [5, 5.41) is 11.0. The normalized spacial score (nSPS) is 16.5. The molecule has 0 radical (unpaired) electrons. The van der Waals surface area contributed by atoms with Gasteiger partial charge in [0.25, 0.3) is 0 Å². The van der Waals surface area contributed by atoms with E-state index in [4.69, 9.17) is 23.2 Å². The molecular weight excluding hydrogens is 887 g/mol. The Hall–Kier alpha value is -4.82. The Kier molecular flexibility index (Phi) is 12.5. The maximum Gasteiger partial charge on any atom is 1.00 e. The second-order valence-corrected chi connectivity index (χ2v) is 15.7. The van der Waals surface area contributed by atoms with Crippen LogP contribution >= 0.6 is 0 Å². The fourth-order valence-electron chi connectivity index (χ4n) is 5.98. The molecule has 20 nitrogen and oxygen atoms in total. The van der Waals surface area contributed by atoms with Crippen LogP contribution in [0.5, 0.6) is 0 Å². The molecular formula is C40H38N12Na2O8S2. The average molecular weight is 935 g/mol. The number of para-hydroxylation sites is 2. The van der Waals surface area contributed by atoms with Gasteiger partial charge in [0, 0.05) is 48.9 Å². The van der Waals surface area contributed by atoms with Gasteiger partial charge in [0.2, 0.25) is 35.7 Å². The van der Waals surface area contributed by atoms with E-state index in [-0.39, 0.29) is 129 Å². The van der Waals surface area contributed by atoms with E-state index in [1.54, 1.807) is 9.80 Å². The van der Waals surface area contributed by atoms with E-state index in [0.29, 0.717) is 52.6 Å². The Morgan fingerprint density at radius 2 is 0.844 bits per heavy atom. The molecule has 0 spiro atoms.